The molecule has 0 bridgehead atoms. The predicted molar refractivity (Wildman–Crippen MR) is 71.4 cm³/mol. The third-order valence-electron chi connectivity index (χ3n) is 2.65. The summed E-state index contributed by atoms with van der Waals surface area (Å²) in [6.45, 7) is 3.46. The van der Waals surface area contributed by atoms with E-state index in [1.54, 1.807) is 13.8 Å². The van der Waals surface area contributed by atoms with Crippen molar-refractivity contribution in [2.24, 2.45) is 0 Å². The Balaban J connectivity index is 2.72. The molecule has 0 spiro atoms. The number of sulfonamides is 1. The molecule has 0 atom stereocenters. The van der Waals surface area contributed by atoms with Crippen molar-refractivity contribution in [1.29, 1.82) is 5.26 Å². The van der Waals surface area contributed by atoms with Crippen molar-refractivity contribution in [3.63, 3.8) is 0 Å². The third-order valence-corrected chi connectivity index (χ3v) is 4.64. The normalized spacial score (nSPS) is 11.7. The zero-order chi connectivity index (χ0) is 13.6. The second-order valence-corrected chi connectivity index (χ2v) is 6.39. The van der Waals surface area contributed by atoms with Crippen molar-refractivity contribution < 1.29 is 8.42 Å². The molecule has 0 heterocycles. The molecule has 0 unspecified atom stereocenters. The Morgan fingerprint density at radius 2 is 1.89 bits per heavy atom. The van der Waals surface area contributed by atoms with Crippen LogP contribution in [0, 0.1) is 11.3 Å². The highest BCUT2D eigenvalue weighted by molar-refractivity contribution is 7.89. The molecular weight excluding hydrogens is 248 g/mol. The summed E-state index contributed by atoms with van der Waals surface area (Å²) in [7, 11) is -3.37. The van der Waals surface area contributed by atoms with Gasteiger partial charge in [0, 0.05) is 6.04 Å². The molecule has 1 rings (SSSR count). The molecule has 0 amide bonds. The summed E-state index contributed by atoms with van der Waals surface area (Å²) in [4.78, 5) is 0. The van der Waals surface area contributed by atoms with Crippen molar-refractivity contribution in [2.75, 3.05) is 12.3 Å². The first-order chi connectivity index (χ1) is 8.47. The average Bonchev–Trinajstić information content (AvgIpc) is 2.34. The lowest BCUT2D eigenvalue weighted by molar-refractivity contribution is 0.385. The summed E-state index contributed by atoms with van der Waals surface area (Å²) >= 11 is 0. The zero-order valence-electron chi connectivity index (χ0n) is 10.7. The lowest BCUT2D eigenvalue weighted by atomic mass is 10.2. The van der Waals surface area contributed by atoms with E-state index in [4.69, 9.17) is 5.26 Å². The number of hydrogen-bond donors (Lipinski definition) is 0. The molecule has 0 aliphatic rings. The smallest absolute Gasteiger partial charge is 0.212 e. The van der Waals surface area contributed by atoms with E-state index < -0.39 is 10.0 Å². The van der Waals surface area contributed by atoms with Crippen LogP contribution < -0.4 is 0 Å². The summed E-state index contributed by atoms with van der Waals surface area (Å²) in [6, 6.07) is 11.2. The van der Waals surface area contributed by atoms with Crippen LogP contribution in [-0.2, 0) is 16.4 Å². The topological polar surface area (TPSA) is 61.2 Å². The molecule has 0 fully saturated rings. The van der Waals surface area contributed by atoms with Gasteiger partial charge in [0.25, 0.3) is 0 Å². The Bertz CT molecular complexity index is 504. The second-order valence-electron chi connectivity index (χ2n) is 4.35. The van der Waals surface area contributed by atoms with E-state index in [0.717, 1.165) is 5.56 Å². The van der Waals surface area contributed by atoms with E-state index in [-0.39, 0.29) is 18.3 Å². The SMILES string of the molecule is CC(C)N(CC#N)S(=O)(=O)CCc1ccccc1. The second kappa shape index (κ2) is 6.53. The van der Waals surface area contributed by atoms with Gasteiger partial charge in [0.15, 0.2) is 0 Å². The fourth-order valence-electron chi connectivity index (χ4n) is 1.68. The monoisotopic (exact) mass is 266 g/mol. The van der Waals surface area contributed by atoms with Crippen LogP contribution in [0.3, 0.4) is 0 Å². The van der Waals surface area contributed by atoms with Gasteiger partial charge in [0.2, 0.25) is 10.0 Å². The third kappa shape index (κ3) is 4.13. The highest BCUT2D eigenvalue weighted by Crippen LogP contribution is 2.10. The molecule has 0 aliphatic heterocycles. The number of hydrogen-bond acceptors (Lipinski definition) is 3. The maximum absolute atomic E-state index is 12.1. The van der Waals surface area contributed by atoms with Gasteiger partial charge in [0.1, 0.15) is 6.54 Å². The summed E-state index contributed by atoms with van der Waals surface area (Å²) in [5.41, 5.74) is 0.988. The largest absolute Gasteiger partial charge is 0.215 e. The van der Waals surface area contributed by atoms with Gasteiger partial charge in [0.05, 0.1) is 11.8 Å². The van der Waals surface area contributed by atoms with E-state index in [9.17, 15) is 8.42 Å². The number of nitriles is 1. The Labute approximate surface area is 109 Å². The van der Waals surface area contributed by atoms with E-state index in [1.165, 1.54) is 4.31 Å². The Morgan fingerprint density at radius 3 is 2.39 bits per heavy atom. The van der Waals surface area contributed by atoms with Crippen molar-refractivity contribution in [3.8, 4) is 6.07 Å². The van der Waals surface area contributed by atoms with Gasteiger partial charge in [-0.15, -0.1) is 0 Å². The van der Waals surface area contributed by atoms with Crippen molar-refractivity contribution in [2.45, 2.75) is 26.3 Å². The molecule has 5 heteroatoms. The molecule has 0 saturated carbocycles. The molecule has 0 aliphatic carbocycles. The van der Waals surface area contributed by atoms with E-state index >= 15 is 0 Å². The Hall–Kier alpha value is -1.38. The highest BCUT2D eigenvalue weighted by Gasteiger charge is 2.24. The minimum Gasteiger partial charge on any atom is -0.212 e. The average molecular weight is 266 g/mol. The lowest BCUT2D eigenvalue weighted by Gasteiger charge is -2.23. The molecule has 1 aromatic carbocycles. The molecule has 98 valence electrons. The van der Waals surface area contributed by atoms with Gasteiger partial charge in [-0.2, -0.15) is 9.57 Å². The molecule has 0 N–H and O–H groups in total. The van der Waals surface area contributed by atoms with Gasteiger partial charge in [-0.1, -0.05) is 30.3 Å². The van der Waals surface area contributed by atoms with Crippen LogP contribution in [0.25, 0.3) is 0 Å². The number of aryl methyl sites for hydroxylation is 1. The van der Waals surface area contributed by atoms with E-state index in [2.05, 4.69) is 0 Å². The van der Waals surface area contributed by atoms with Crippen LogP contribution in [0.2, 0.25) is 0 Å². The molecule has 18 heavy (non-hydrogen) atoms. The number of rotatable bonds is 6. The van der Waals surface area contributed by atoms with Gasteiger partial charge in [-0.3, -0.25) is 0 Å². The first-order valence-electron chi connectivity index (χ1n) is 5.88. The first-order valence-corrected chi connectivity index (χ1v) is 7.48. The van der Waals surface area contributed by atoms with Crippen molar-refractivity contribution in [3.05, 3.63) is 35.9 Å². The molecule has 0 radical (unpaired) electrons. The fourth-order valence-corrected chi connectivity index (χ4v) is 3.31. The van der Waals surface area contributed by atoms with Gasteiger partial charge in [-0.05, 0) is 25.8 Å². The fraction of sp³-hybridized carbons (Fsp3) is 0.462. The lowest BCUT2D eigenvalue weighted by Crippen LogP contribution is -2.39. The van der Waals surface area contributed by atoms with Crippen LogP contribution in [0.4, 0.5) is 0 Å². The minimum atomic E-state index is -3.37. The maximum atomic E-state index is 12.1. The van der Waals surface area contributed by atoms with E-state index in [0.29, 0.717) is 6.42 Å². The van der Waals surface area contributed by atoms with Crippen LogP contribution in [0.15, 0.2) is 30.3 Å². The van der Waals surface area contributed by atoms with E-state index in [1.807, 2.05) is 36.4 Å². The predicted octanol–water partition coefficient (Wildman–Crippen LogP) is 1.79. The standard InChI is InChI=1S/C13H18N2O2S/c1-12(2)15(10-9-14)18(16,17)11-8-13-6-4-3-5-7-13/h3-7,12H,8,10-11H2,1-2H3. The Kier molecular flexibility index (Phi) is 5.32. The zero-order valence-corrected chi connectivity index (χ0v) is 11.5. The number of nitrogens with zero attached hydrogens (tertiary/aromatic N) is 2. The van der Waals surface area contributed by atoms with Crippen LogP contribution >= 0.6 is 0 Å². The molecule has 0 aromatic heterocycles. The quantitative estimate of drug-likeness (QED) is 0.737. The summed E-state index contributed by atoms with van der Waals surface area (Å²) in [5.74, 6) is 0.0386. The summed E-state index contributed by atoms with van der Waals surface area (Å²) in [5, 5.41) is 8.68. The van der Waals surface area contributed by atoms with Crippen LogP contribution in [0.1, 0.15) is 19.4 Å². The summed E-state index contributed by atoms with van der Waals surface area (Å²) in [6.07, 6.45) is 0.470. The maximum Gasteiger partial charge on any atom is 0.215 e. The summed E-state index contributed by atoms with van der Waals surface area (Å²) < 4.78 is 25.5. The van der Waals surface area contributed by atoms with Crippen molar-refractivity contribution >= 4 is 10.0 Å². The van der Waals surface area contributed by atoms with Crippen LogP contribution in [0.5, 0.6) is 0 Å². The molecule has 4 nitrogen and oxygen atoms in total. The Morgan fingerprint density at radius 1 is 1.28 bits per heavy atom. The first kappa shape index (κ1) is 14.7. The highest BCUT2D eigenvalue weighted by atomic mass is 32.2. The van der Waals surface area contributed by atoms with Gasteiger partial charge >= 0.3 is 0 Å². The van der Waals surface area contributed by atoms with Crippen LogP contribution in [-0.4, -0.2) is 31.1 Å². The minimum absolute atomic E-state index is 0.0386. The van der Waals surface area contributed by atoms with Crippen molar-refractivity contribution in [1.82, 2.24) is 4.31 Å². The molecular formula is C13H18N2O2S. The molecule has 1 aromatic rings. The van der Waals surface area contributed by atoms with Gasteiger partial charge in [-0.25, -0.2) is 8.42 Å². The van der Waals surface area contributed by atoms with Gasteiger partial charge < -0.3 is 0 Å². The molecule has 0 saturated heterocycles. The number of benzene rings is 1.